The van der Waals surface area contributed by atoms with Crippen LogP contribution in [0, 0.1) is 5.92 Å². The summed E-state index contributed by atoms with van der Waals surface area (Å²) in [6.07, 6.45) is 3.25. The third-order valence-electron chi connectivity index (χ3n) is 7.07. The summed E-state index contributed by atoms with van der Waals surface area (Å²) in [6, 6.07) is 4.95. The Kier molecular flexibility index (Phi) is 8.23. The number of fused-ring (bicyclic) bond motifs is 1. The Balaban J connectivity index is 1.29. The van der Waals surface area contributed by atoms with Crippen LogP contribution >= 0.6 is 0 Å². The highest BCUT2D eigenvalue weighted by Gasteiger charge is 2.28. The largest absolute Gasteiger partial charge is 0.378 e. The lowest BCUT2D eigenvalue weighted by Crippen LogP contribution is -2.41. The molecule has 0 bridgehead atoms. The van der Waals surface area contributed by atoms with Crippen molar-refractivity contribution >= 4 is 27.5 Å². The van der Waals surface area contributed by atoms with Gasteiger partial charge in [-0.2, -0.15) is 0 Å². The summed E-state index contributed by atoms with van der Waals surface area (Å²) in [5, 5.41) is 0. The summed E-state index contributed by atoms with van der Waals surface area (Å²) in [6.45, 7) is 8.11. The summed E-state index contributed by atoms with van der Waals surface area (Å²) in [4.78, 5) is 31.1. The first-order valence-electron chi connectivity index (χ1n) is 12.3. The molecule has 1 N–H and O–H groups in total. The number of nitrogens with one attached hydrogen (secondary N) is 1. The van der Waals surface area contributed by atoms with Crippen LogP contribution in [0.15, 0.2) is 23.1 Å². The Bertz CT molecular complexity index is 985. The second-order valence-electron chi connectivity index (χ2n) is 9.50. The molecule has 3 aliphatic heterocycles. The van der Waals surface area contributed by atoms with Gasteiger partial charge in [0.15, 0.2) is 0 Å². The lowest BCUT2D eigenvalue weighted by molar-refractivity contribution is -0.136. The highest BCUT2D eigenvalue weighted by atomic mass is 32.2. The van der Waals surface area contributed by atoms with E-state index in [0.717, 1.165) is 43.1 Å². The van der Waals surface area contributed by atoms with Gasteiger partial charge in [0.1, 0.15) is 0 Å². The normalized spacial score (nSPS) is 19.9. The molecule has 2 amide bonds. The fourth-order valence-electron chi connectivity index (χ4n) is 4.83. The van der Waals surface area contributed by atoms with Crippen molar-refractivity contribution in [1.29, 1.82) is 0 Å². The molecule has 10 heteroatoms. The maximum atomic E-state index is 12.8. The van der Waals surface area contributed by atoms with Crippen LogP contribution in [0.1, 0.15) is 38.2 Å². The summed E-state index contributed by atoms with van der Waals surface area (Å²) in [5.74, 6) is 0.614. The Labute approximate surface area is 202 Å². The first kappa shape index (κ1) is 25.1. The zero-order valence-corrected chi connectivity index (χ0v) is 20.8. The maximum absolute atomic E-state index is 12.8. The predicted octanol–water partition coefficient (Wildman–Crippen LogP) is 1.22. The van der Waals surface area contributed by atoms with Gasteiger partial charge in [-0.15, -0.1) is 0 Å². The Morgan fingerprint density at radius 1 is 1.03 bits per heavy atom. The number of carbonyl (C=O) groups excluding carboxylic acids is 2. The topological polar surface area (TPSA) is 99.3 Å². The number of nitrogens with zero attached hydrogens (tertiary/aromatic N) is 3. The third kappa shape index (κ3) is 6.16. The van der Waals surface area contributed by atoms with Gasteiger partial charge in [-0.3, -0.25) is 9.59 Å². The van der Waals surface area contributed by atoms with E-state index in [4.69, 9.17) is 4.74 Å². The number of ether oxygens (including phenoxy) is 1. The van der Waals surface area contributed by atoms with Crippen molar-refractivity contribution in [2.24, 2.45) is 5.92 Å². The van der Waals surface area contributed by atoms with Crippen LogP contribution in [0.4, 0.5) is 5.69 Å². The Morgan fingerprint density at radius 3 is 2.47 bits per heavy atom. The van der Waals surface area contributed by atoms with Gasteiger partial charge in [0, 0.05) is 51.3 Å². The molecule has 0 spiro atoms. The molecule has 2 saturated heterocycles. The first-order chi connectivity index (χ1) is 16.3. The molecule has 188 valence electrons. The predicted molar refractivity (Wildman–Crippen MR) is 129 cm³/mol. The van der Waals surface area contributed by atoms with Crippen molar-refractivity contribution in [3.63, 3.8) is 0 Å². The van der Waals surface area contributed by atoms with Crippen molar-refractivity contribution in [3.05, 3.63) is 23.8 Å². The van der Waals surface area contributed by atoms with Crippen LogP contribution in [0.5, 0.6) is 0 Å². The Morgan fingerprint density at radius 2 is 1.74 bits per heavy atom. The van der Waals surface area contributed by atoms with Crippen molar-refractivity contribution in [2.45, 2.75) is 43.9 Å². The van der Waals surface area contributed by atoms with E-state index >= 15 is 0 Å². The standard InChI is InChI=1S/C24H36N4O5S/c1-19-6-10-26(11-7-19)13-9-25-34(31,32)21-2-3-22-20(18-21)8-12-28(22)24(30)5-4-23(29)27-14-16-33-17-15-27/h2-3,18-19,25H,4-17H2,1H3. The van der Waals surface area contributed by atoms with Gasteiger partial charge < -0.3 is 19.4 Å². The van der Waals surface area contributed by atoms with Gasteiger partial charge >= 0.3 is 0 Å². The van der Waals surface area contributed by atoms with Crippen molar-refractivity contribution in [2.75, 3.05) is 63.9 Å². The molecule has 0 unspecified atom stereocenters. The molecule has 4 rings (SSSR count). The molecule has 3 heterocycles. The molecular formula is C24H36N4O5S. The number of sulfonamides is 1. The van der Waals surface area contributed by atoms with Crippen molar-refractivity contribution < 1.29 is 22.7 Å². The van der Waals surface area contributed by atoms with Gasteiger partial charge in [0.05, 0.1) is 18.1 Å². The SMILES string of the molecule is CC1CCN(CCNS(=O)(=O)c2ccc3c(c2)CCN3C(=O)CCC(=O)N2CCOCC2)CC1. The van der Waals surface area contributed by atoms with Crippen LogP contribution in [-0.2, 0) is 30.8 Å². The van der Waals surface area contributed by atoms with E-state index in [-0.39, 0.29) is 29.6 Å². The minimum atomic E-state index is -3.61. The molecule has 0 atom stereocenters. The van der Waals surface area contributed by atoms with Crippen molar-refractivity contribution in [1.82, 2.24) is 14.5 Å². The van der Waals surface area contributed by atoms with Gasteiger partial charge in [-0.25, -0.2) is 13.1 Å². The van der Waals surface area contributed by atoms with E-state index in [1.165, 1.54) is 0 Å². The molecule has 0 radical (unpaired) electrons. The molecule has 2 fully saturated rings. The highest BCUT2D eigenvalue weighted by molar-refractivity contribution is 7.89. The number of anilines is 1. The fraction of sp³-hybridized carbons (Fsp3) is 0.667. The molecule has 1 aromatic rings. The molecule has 1 aromatic carbocycles. The summed E-state index contributed by atoms with van der Waals surface area (Å²) in [5.41, 5.74) is 1.59. The van der Waals surface area contributed by atoms with Gasteiger partial charge in [-0.1, -0.05) is 6.92 Å². The second kappa shape index (κ2) is 11.2. The molecule has 0 aliphatic carbocycles. The number of piperidine rings is 1. The average Bonchev–Trinajstić information content (AvgIpc) is 3.27. The zero-order chi connectivity index (χ0) is 24.1. The Hall–Kier alpha value is -2.01. The molecule has 0 saturated carbocycles. The summed E-state index contributed by atoms with van der Waals surface area (Å²) < 4.78 is 33.6. The first-order valence-corrected chi connectivity index (χ1v) is 13.8. The molecule has 9 nitrogen and oxygen atoms in total. The number of amides is 2. The van der Waals surface area contributed by atoms with E-state index < -0.39 is 10.0 Å². The molecular weight excluding hydrogens is 456 g/mol. The minimum absolute atomic E-state index is 0.0253. The lowest BCUT2D eigenvalue weighted by atomic mass is 9.99. The molecule has 34 heavy (non-hydrogen) atoms. The number of morpholine rings is 1. The molecule has 0 aromatic heterocycles. The van der Waals surface area contributed by atoms with Crippen LogP contribution < -0.4 is 9.62 Å². The number of hydrogen-bond donors (Lipinski definition) is 1. The minimum Gasteiger partial charge on any atom is -0.378 e. The zero-order valence-electron chi connectivity index (χ0n) is 20.0. The second-order valence-corrected chi connectivity index (χ2v) is 11.3. The smallest absolute Gasteiger partial charge is 0.240 e. The maximum Gasteiger partial charge on any atom is 0.240 e. The van der Waals surface area contributed by atoms with E-state index in [2.05, 4.69) is 16.5 Å². The lowest BCUT2D eigenvalue weighted by Gasteiger charge is -2.30. The number of benzene rings is 1. The summed E-state index contributed by atoms with van der Waals surface area (Å²) in [7, 11) is -3.61. The van der Waals surface area contributed by atoms with Gasteiger partial charge in [-0.05, 0) is 62.0 Å². The van der Waals surface area contributed by atoms with E-state index in [0.29, 0.717) is 52.4 Å². The van der Waals surface area contributed by atoms with Gasteiger partial charge in [0.2, 0.25) is 21.8 Å². The highest BCUT2D eigenvalue weighted by Crippen LogP contribution is 2.31. The monoisotopic (exact) mass is 492 g/mol. The van der Waals surface area contributed by atoms with Gasteiger partial charge in [0.25, 0.3) is 0 Å². The van der Waals surface area contributed by atoms with E-state index in [1.54, 1.807) is 28.0 Å². The van der Waals surface area contributed by atoms with Crippen LogP contribution in [-0.4, -0.2) is 89.1 Å². The molecule has 3 aliphatic rings. The van der Waals surface area contributed by atoms with Crippen LogP contribution in [0.25, 0.3) is 0 Å². The number of likely N-dealkylation sites (tertiary alicyclic amines) is 1. The quantitative estimate of drug-likeness (QED) is 0.586. The average molecular weight is 493 g/mol. The number of hydrogen-bond acceptors (Lipinski definition) is 6. The van der Waals surface area contributed by atoms with Crippen LogP contribution in [0.2, 0.25) is 0 Å². The van der Waals surface area contributed by atoms with E-state index in [1.807, 2.05) is 0 Å². The summed E-state index contributed by atoms with van der Waals surface area (Å²) >= 11 is 0. The number of carbonyl (C=O) groups is 2. The third-order valence-corrected chi connectivity index (χ3v) is 8.53. The van der Waals surface area contributed by atoms with Crippen molar-refractivity contribution in [3.8, 4) is 0 Å². The van der Waals surface area contributed by atoms with E-state index in [9.17, 15) is 18.0 Å². The van der Waals surface area contributed by atoms with Crippen LogP contribution in [0.3, 0.4) is 0 Å². The number of rotatable bonds is 8. The fourth-order valence-corrected chi connectivity index (χ4v) is 5.90.